The van der Waals surface area contributed by atoms with Gasteiger partial charge in [-0.15, -0.1) is 0 Å². The van der Waals surface area contributed by atoms with Crippen molar-refractivity contribution >= 4 is 6.08 Å². The Morgan fingerprint density at radius 1 is 0.778 bits per heavy atom. The zero-order valence-corrected chi connectivity index (χ0v) is 24.8. The second-order valence-corrected chi connectivity index (χ2v) is 11.4. The number of alkyl halides is 2. The van der Waals surface area contributed by atoms with Gasteiger partial charge in [0.05, 0.1) is 12.7 Å². The Labute approximate surface area is 259 Å². The van der Waals surface area contributed by atoms with E-state index >= 15 is 0 Å². The molecule has 8 heteroatoms. The second kappa shape index (κ2) is 14.4. The molecular weight excluding hydrogens is 590 g/mol. The molecule has 5 rings (SSSR count). The van der Waals surface area contributed by atoms with Crippen LogP contribution in [-0.4, -0.2) is 12.7 Å². The first kappa shape index (κ1) is 32.4. The summed E-state index contributed by atoms with van der Waals surface area (Å²) >= 11 is 0. The maximum absolute atomic E-state index is 14.6. The van der Waals surface area contributed by atoms with E-state index < -0.39 is 35.1 Å². The van der Waals surface area contributed by atoms with Gasteiger partial charge in [0.15, 0.2) is 17.5 Å². The highest BCUT2D eigenvalue weighted by Gasteiger charge is 2.28. The van der Waals surface area contributed by atoms with Gasteiger partial charge < -0.3 is 9.47 Å². The molecule has 0 saturated carbocycles. The van der Waals surface area contributed by atoms with Crippen LogP contribution in [0.15, 0.2) is 84.9 Å². The van der Waals surface area contributed by atoms with Crippen LogP contribution in [0.5, 0.6) is 5.75 Å². The quantitative estimate of drug-likeness (QED) is 0.0939. The molecule has 0 aromatic heterocycles. The molecule has 0 N–H and O–H groups in total. The summed E-state index contributed by atoms with van der Waals surface area (Å²) in [6.07, 6.45) is 5.26. The largest absolute Gasteiger partial charge is 0.429 e. The molecule has 1 aliphatic heterocycles. The summed E-state index contributed by atoms with van der Waals surface area (Å²) in [6.45, 7) is 3.02. The fourth-order valence-electron chi connectivity index (χ4n) is 5.55. The Balaban J connectivity index is 1.17. The van der Waals surface area contributed by atoms with Crippen molar-refractivity contribution in [2.45, 2.75) is 57.7 Å². The summed E-state index contributed by atoms with van der Waals surface area (Å²) < 4.78 is 94.8. The van der Waals surface area contributed by atoms with Crippen LogP contribution in [0.4, 0.5) is 26.3 Å². The molecule has 0 radical (unpaired) electrons. The predicted octanol–water partition coefficient (Wildman–Crippen LogP) is 11.3. The lowest BCUT2D eigenvalue weighted by atomic mass is 9.90. The molecule has 1 heterocycles. The highest BCUT2D eigenvalue weighted by atomic mass is 19.3. The van der Waals surface area contributed by atoms with Crippen molar-refractivity contribution in [3.05, 3.63) is 119 Å². The summed E-state index contributed by atoms with van der Waals surface area (Å²) in [7, 11) is 0. The molecule has 1 fully saturated rings. The van der Waals surface area contributed by atoms with Crippen LogP contribution < -0.4 is 4.74 Å². The van der Waals surface area contributed by atoms with Crippen LogP contribution in [0, 0.1) is 29.2 Å². The lowest BCUT2D eigenvalue weighted by Crippen LogP contribution is -2.21. The van der Waals surface area contributed by atoms with E-state index in [9.17, 15) is 26.3 Å². The van der Waals surface area contributed by atoms with Crippen molar-refractivity contribution in [2.24, 2.45) is 5.92 Å². The fourth-order valence-corrected chi connectivity index (χ4v) is 5.55. The maximum atomic E-state index is 14.6. The smallest absolute Gasteiger partial charge is 0.419 e. The van der Waals surface area contributed by atoms with Crippen molar-refractivity contribution in [3.63, 3.8) is 0 Å². The van der Waals surface area contributed by atoms with Gasteiger partial charge in [-0.25, -0.2) is 17.6 Å². The summed E-state index contributed by atoms with van der Waals surface area (Å²) in [5, 5.41) is 0. The lowest BCUT2D eigenvalue weighted by molar-refractivity contribution is -0.131. The number of unbranched alkanes of at least 4 members (excludes halogenated alkanes) is 2. The Morgan fingerprint density at radius 2 is 1.44 bits per heavy atom. The molecule has 0 amide bonds. The molecule has 0 bridgehead atoms. The van der Waals surface area contributed by atoms with Crippen LogP contribution in [0.3, 0.4) is 0 Å². The van der Waals surface area contributed by atoms with Crippen LogP contribution in [0.2, 0.25) is 0 Å². The fraction of sp³-hybridized carbons (Fsp3) is 0.297. The highest BCUT2D eigenvalue weighted by molar-refractivity contribution is 5.67. The SMILES string of the molecule is CCCCCC1CCC(c2ccc(-c3ccc(/C=C/C(F)(F)Oc4ccc(-c5cc(F)c(F)c(F)c5)c(F)c4)cc3)cc2)OC1. The summed E-state index contributed by atoms with van der Waals surface area (Å²) in [4.78, 5) is 0. The first-order valence-corrected chi connectivity index (χ1v) is 15.1. The molecule has 0 aliphatic carbocycles. The van der Waals surface area contributed by atoms with Gasteiger partial charge in [0, 0.05) is 17.7 Å². The van der Waals surface area contributed by atoms with Crippen molar-refractivity contribution in [1.82, 2.24) is 0 Å². The van der Waals surface area contributed by atoms with Crippen LogP contribution >= 0.6 is 0 Å². The van der Waals surface area contributed by atoms with E-state index in [0.29, 0.717) is 35.8 Å². The molecule has 45 heavy (non-hydrogen) atoms. The highest BCUT2D eigenvalue weighted by Crippen LogP contribution is 2.34. The number of hydrogen-bond donors (Lipinski definition) is 0. The molecule has 1 aliphatic rings. The Bertz CT molecular complexity index is 1580. The Hall–Kier alpha value is -4.04. The lowest BCUT2D eigenvalue weighted by Gasteiger charge is -2.29. The van der Waals surface area contributed by atoms with E-state index in [0.717, 1.165) is 41.9 Å². The number of rotatable bonds is 11. The van der Waals surface area contributed by atoms with Crippen LogP contribution in [0.1, 0.15) is 62.7 Å². The molecule has 2 nitrogen and oxygen atoms in total. The maximum Gasteiger partial charge on any atom is 0.419 e. The minimum absolute atomic E-state index is 0.108. The minimum atomic E-state index is -3.78. The third kappa shape index (κ3) is 8.37. The Kier molecular flexibility index (Phi) is 10.3. The molecule has 4 aromatic carbocycles. The van der Waals surface area contributed by atoms with E-state index in [-0.39, 0.29) is 17.2 Å². The molecule has 4 aromatic rings. The predicted molar refractivity (Wildman–Crippen MR) is 164 cm³/mol. The number of halogens is 6. The van der Waals surface area contributed by atoms with Gasteiger partial charge in [-0.2, -0.15) is 8.78 Å². The van der Waals surface area contributed by atoms with Crippen LogP contribution in [-0.2, 0) is 4.74 Å². The molecule has 1 saturated heterocycles. The topological polar surface area (TPSA) is 18.5 Å². The van der Waals surface area contributed by atoms with Gasteiger partial charge in [0.2, 0.25) is 0 Å². The molecular formula is C37H34F6O2. The van der Waals surface area contributed by atoms with Crippen LogP contribution in [0.25, 0.3) is 28.3 Å². The summed E-state index contributed by atoms with van der Waals surface area (Å²) in [5.41, 5.74) is 2.99. The monoisotopic (exact) mass is 624 g/mol. The Morgan fingerprint density at radius 3 is 2.04 bits per heavy atom. The second-order valence-electron chi connectivity index (χ2n) is 11.4. The van der Waals surface area contributed by atoms with Gasteiger partial charge in [-0.3, -0.25) is 0 Å². The third-order valence-electron chi connectivity index (χ3n) is 8.07. The minimum Gasteiger partial charge on any atom is -0.429 e. The average Bonchev–Trinajstić information content (AvgIpc) is 3.03. The van der Waals surface area contributed by atoms with Crippen molar-refractivity contribution < 1.29 is 35.8 Å². The van der Waals surface area contributed by atoms with Gasteiger partial charge in [-0.1, -0.05) is 74.7 Å². The summed E-state index contributed by atoms with van der Waals surface area (Å²) in [6, 6.07) is 19.3. The molecule has 236 valence electrons. The standard InChI is InChI=1S/C37H34F6O2/c1-2-3-4-5-25-8-17-35(44-23-25)28-13-11-27(12-14-28)26-9-6-24(7-10-26)18-19-37(42,43)45-30-15-16-31(32(38)22-30)29-20-33(39)36(41)34(40)21-29/h6-7,9-16,18-22,25,35H,2-5,8,17,23H2,1H3/b19-18+. The number of benzene rings is 4. The van der Waals surface area contributed by atoms with Gasteiger partial charge >= 0.3 is 6.11 Å². The molecule has 2 unspecified atom stereocenters. The van der Waals surface area contributed by atoms with E-state index in [2.05, 4.69) is 23.8 Å². The first-order valence-electron chi connectivity index (χ1n) is 15.1. The number of ether oxygens (including phenoxy) is 2. The third-order valence-corrected chi connectivity index (χ3v) is 8.07. The first-order chi connectivity index (χ1) is 21.6. The van der Waals surface area contributed by atoms with Crippen molar-refractivity contribution in [1.29, 1.82) is 0 Å². The average molecular weight is 625 g/mol. The van der Waals surface area contributed by atoms with Gasteiger partial charge in [0.1, 0.15) is 11.6 Å². The number of hydrogen-bond acceptors (Lipinski definition) is 2. The van der Waals surface area contributed by atoms with Crippen molar-refractivity contribution in [2.75, 3.05) is 6.61 Å². The van der Waals surface area contributed by atoms with Gasteiger partial charge in [0.25, 0.3) is 0 Å². The zero-order valence-electron chi connectivity index (χ0n) is 24.8. The summed E-state index contributed by atoms with van der Waals surface area (Å²) in [5.74, 6) is -5.61. The van der Waals surface area contributed by atoms with Crippen molar-refractivity contribution in [3.8, 4) is 28.0 Å². The normalized spacial score (nSPS) is 17.1. The van der Waals surface area contributed by atoms with E-state index in [1.54, 1.807) is 12.1 Å². The van der Waals surface area contributed by atoms with E-state index in [4.69, 9.17) is 4.74 Å². The van der Waals surface area contributed by atoms with Gasteiger partial charge in [-0.05, 0) is 83.3 Å². The van der Waals surface area contributed by atoms with E-state index in [1.165, 1.54) is 38.2 Å². The molecule has 0 spiro atoms. The zero-order chi connectivity index (χ0) is 32.0. The van der Waals surface area contributed by atoms with E-state index in [1.807, 2.05) is 24.3 Å². The molecule has 2 atom stereocenters.